The van der Waals surface area contributed by atoms with Gasteiger partial charge in [0.15, 0.2) is 0 Å². The summed E-state index contributed by atoms with van der Waals surface area (Å²) in [5, 5.41) is 11.7. The number of para-hydroxylation sites is 1. The van der Waals surface area contributed by atoms with Gasteiger partial charge in [-0.05, 0) is 68.4 Å². The Hall–Kier alpha value is -4.12. The Kier molecular flexibility index (Phi) is 13.3. The van der Waals surface area contributed by atoms with E-state index in [1.807, 2.05) is 48.5 Å². The highest BCUT2D eigenvalue weighted by Crippen LogP contribution is 2.39. The highest BCUT2D eigenvalue weighted by atomic mass is 32.1. The standard InChI is InChI=1S/C13H17N3O2.C11H18O2.C8H7NO2S/c14-13(18)11-7-4-8-16(11)12(17)9-15-10-5-2-1-3-6-10;1-2-3-4-5-6-7-9-8-10(9)11(12)13;1-11-5-2-3-6-7(4-5)12-8(10)9-6/h1-3,5-6,11,15H,4,7-9H2,(H2,14,18);6-7,9-10H,2-5,8H2,1H3,(H,12,13);2-4H,1H3,(H,9,10)/b;7-6-;. The van der Waals surface area contributed by atoms with Crippen molar-refractivity contribution in [3.05, 3.63) is 70.4 Å². The largest absolute Gasteiger partial charge is 0.497 e. The highest BCUT2D eigenvalue weighted by Gasteiger charge is 2.40. The third kappa shape index (κ3) is 10.9. The van der Waals surface area contributed by atoms with Gasteiger partial charge in [0.2, 0.25) is 11.8 Å². The van der Waals surface area contributed by atoms with Gasteiger partial charge in [-0.1, -0.05) is 61.5 Å². The number of thiazole rings is 1. The number of benzene rings is 2. The molecule has 1 aliphatic carbocycles. The number of fused-ring (bicyclic) bond motifs is 1. The number of carbonyl (C=O) groups is 3. The molecule has 5 N–H and O–H groups in total. The Morgan fingerprint density at radius 2 is 1.95 bits per heavy atom. The summed E-state index contributed by atoms with van der Waals surface area (Å²) in [6.07, 6.45) is 11.4. The van der Waals surface area contributed by atoms with Gasteiger partial charge in [-0.2, -0.15) is 0 Å². The summed E-state index contributed by atoms with van der Waals surface area (Å²) in [6.45, 7) is 2.99. The Labute approximate surface area is 255 Å². The number of allylic oxidation sites excluding steroid dienone is 2. The third-order valence-electron chi connectivity index (χ3n) is 7.26. The normalized spacial score (nSPS) is 18.7. The monoisotopic (exact) mass is 610 g/mol. The second kappa shape index (κ2) is 17.1. The zero-order valence-corrected chi connectivity index (χ0v) is 25.6. The molecule has 3 atom stereocenters. The van der Waals surface area contributed by atoms with E-state index in [-0.39, 0.29) is 23.2 Å². The Morgan fingerprint density at radius 1 is 1.19 bits per heavy atom. The van der Waals surface area contributed by atoms with E-state index in [9.17, 15) is 19.2 Å². The maximum Gasteiger partial charge on any atom is 0.307 e. The fourth-order valence-electron chi connectivity index (χ4n) is 4.74. The van der Waals surface area contributed by atoms with Gasteiger partial charge < -0.3 is 30.8 Å². The first-order valence-corrected chi connectivity index (χ1v) is 15.5. The molecule has 0 bridgehead atoms. The van der Waals surface area contributed by atoms with E-state index in [4.69, 9.17) is 15.6 Å². The number of methoxy groups -OCH3 is 1. The van der Waals surface area contributed by atoms with Gasteiger partial charge in [0.05, 0.1) is 29.8 Å². The number of rotatable bonds is 11. The Bertz CT molecular complexity index is 1420. The average Bonchev–Trinajstić information content (AvgIpc) is 3.42. The first kappa shape index (κ1) is 33.4. The van der Waals surface area contributed by atoms with Crippen LogP contribution in [0, 0.1) is 11.8 Å². The van der Waals surface area contributed by atoms with Crippen LogP contribution in [0.3, 0.4) is 0 Å². The van der Waals surface area contributed by atoms with Crippen molar-refractivity contribution in [1.82, 2.24) is 9.88 Å². The zero-order valence-electron chi connectivity index (χ0n) is 24.8. The van der Waals surface area contributed by atoms with Crippen molar-refractivity contribution in [2.24, 2.45) is 17.6 Å². The molecule has 10 nitrogen and oxygen atoms in total. The summed E-state index contributed by atoms with van der Waals surface area (Å²) < 4.78 is 5.95. The first-order chi connectivity index (χ1) is 20.7. The summed E-state index contributed by atoms with van der Waals surface area (Å²) >= 11 is 1.19. The van der Waals surface area contributed by atoms with Crippen molar-refractivity contribution in [2.75, 3.05) is 25.5 Å². The summed E-state index contributed by atoms with van der Waals surface area (Å²) in [5.74, 6) is -0.108. The van der Waals surface area contributed by atoms with Crippen LogP contribution in [0.2, 0.25) is 0 Å². The number of carbonyl (C=O) groups excluding carboxylic acids is 2. The molecular weight excluding hydrogens is 568 g/mol. The highest BCUT2D eigenvalue weighted by molar-refractivity contribution is 7.16. The SMILES string of the molecule is CCCCC/C=C\C1CC1C(=O)O.COc1ccc2[nH]c(=O)sc2c1.NC(=O)C1CCCN1C(=O)CNc1ccccc1. The lowest BCUT2D eigenvalue weighted by molar-refractivity contribution is -0.138. The summed E-state index contributed by atoms with van der Waals surface area (Å²) in [7, 11) is 1.61. The average molecular weight is 611 g/mol. The number of nitrogens with two attached hydrogens (primary N) is 1. The number of hydrogen-bond acceptors (Lipinski definition) is 7. The van der Waals surface area contributed by atoms with Crippen LogP contribution >= 0.6 is 11.3 Å². The number of aromatic amines is 1. The zero-order chi connectivity index (χ0) is 31.2. The van der Waals surface area contributed by atoms with Crippen molar-refractivity contribution >= 4 is 45.0 Å². The number of nitrogens with zero attached hydrogens (tertiary/aromatic N) is 1. The minimum atomic E-state index is -0.636. The lowest BCUT2D eigenvalue weighted by atomic mass is 10.2. The molecule has 1 saturated heterocycles. The van der Waals surface area contributed by atoms with Crippen LogP contribution in [0.5, 0.6) is 5.75 Å². The molecule has 3 aromatic rings. The van der Waals surface area contributed by atoms with Gasteiger partial charge in [-0.3, -0.25) is 19.2 Å². The fourth-order valence-corrected chi connectivity index (χ4v) is 5.51. The van der Waals surface area contributed by atoms with Crippen molar-refractivity contribution < 1.29 is 24.2 Å². The quantitative estimate of drug-likeness (QED) is 0.176. The maximum absolute atomic E-state index is 12.0. The van der Waals surface area contributed by atoms with E-state index in [1.54, 1.807) is 12.0 Å². The number of unbranched alkanes of at least 4 members (excludes halogenated alkanes) is 3. The molecule has 43 heavy (non-hydrogen) atoms. The molecular formula is C32H42N4O6S. The Morgan fingerprint density at radius 3 is 2.60 bits per heavy atom. The molecule has 3 unspecified atom stereocenters. The van der Waals surface area contributed by atoms with Gasteiger partial charge in [0.1, 0.15) is 11.8 Å². The van der Waals surface area contributed by atoms with Crippen LogP contribution < -0.4 is 20.7 Å². The van der Waals surface area contributed by atoms with E-state index in [0.717, 1.165) is 40.9 Å². The van der Waals surface area contributed by atoms with Crippen LogP contribution in [-0.4, -0.2) is 59.0 Å². The lowest BCUT2D eigenvalue weighted by Crippen LogP contribution is -2.45. The van der Waals surface area contributed by atoms with Crippen LogP contribution in [-0.2, 0) is 14.4 Å². The van der Waals surface area contributed by atoms with Gasteiger partial charge in [0.25, 0.3) is 0 Å². The first-order valence-electron chi connectivity index (χ1n) is 14.7. The smallest absolute Gasteiger partial charge is 0.307 e. The predicted octanol–water partition coefficient (Wildman–Crippen LogP) is 5.02. The molecule has 1 aromatic heterocycles. The number of carboxylic acids is 1. The minimum Gasteiger partial charge on any atom is -0.497 e. The number of aliphatic carboxylic acids is 1. The number of hydrogen-bond donors (Lipinski definition) is 4. The number of carboxylic acid groups (broad SMARTS) is 1. The summed E-state index contributed by atoms with van der Waals surface area (Å²) in [4.78, 5) is 48.8. The van der Waals surface area contributed by atoms with Crippen LogP contribution in [0.25, 0.3) is 10.2 Å². The molecule has 0 spiro atoms. The van der Waals surface area contributed by atoms with Crippen molar-refractivity contribution in [3.63, 3.8) is 0 Å². The second-order valence-electron chi connectivity index (χ2n) is 10.5. The van der Waals surface area contributed by atoms with E-state index in [1.165, 1.54) is 30.6 Å². The lowest BCUT2D eigenvalue weighted by Gasteiger charge is -2.22. The molecule has 1 aliphatic heterocycles. The van der Waals surface area contributed by atoms with Crippen LogP contribution in [0.4, 0.5) is 5.69 Å². The molecule has 5 rings (SSSR count). The van der Waals surface area contributed by atoms with Gasteiger partial charge in [0, 0.05) is 12.2 Å². The van der Waals surface area contributed by atoms with E-state index in [2.05, 4.69) is 29.4 Å². The number of ether oxygens (including phenoxy) is 1. The van der Waals surface area contributed by atoms with Gasteiger partial charge in [-0.25, -0.2) is 0 Å². The number of nitrogens with one attached hydrogen (secondary N) is 2. The second-order valence-corrected chi connectivity index (χ2v) is 11.5. The molecule has 11 heteroatoms. The molecule has 2 fully saturated rings. The summed E-state index contributed by atoms with van der Waals surface area (Å²) in [5.41, 5.74) is 7.04. The van der Waals surface area contributed by atoms with Crippen molar-refractivity contribution in [3.8, 4) is 5.75 Å². The molecule has 1 saturated carbocycles. The number of likely N-dealkylation sites (tertiary alicyclic amines) is 1. The summed E-state index contributed by atoms with van der Waals surface area (Å²) in [6, 6.07) is 14.6. The number of anilines is 1. The maximum atomic E-state index is 12.0. The molecule has 2 aromatic carbocycles. The predicted molar refractivity (Wildman–Crippen MR) is 170 cm³/mol. The Balaban J connectivity index is 0.000000181. The van der Waals surface area contributed by atoms with Gasteiger partial charge >= 0.3 is 10.8 Å². The van der Waals surface area contributed by atoms with E-state index in [0.29, 0.717) is 18.9 Å². The van der Waals surface area contributed by atoms with Crippen molar-refractivity contribution in [2.45, 2.75) is 57.9 Å². The number of amides is 2. The molecule has 2 amide bonds. The molecule has 0 radical (unpaired) electrons. The van der Waals surface area contributed by atoms with Gasteiger partial charge in [-0.15, -0.1) is 0 Å². The van der Waals surface area contributed by atoms with Crippen molar-refractivity contribution in [1.29, 1.82) is 0 Å². The number of aromatic nitrogens is 1. The van der Waals surface area contributed by atoms with E-state index >= 15 is 0 Å². The topological polar surface area (TPSA) is 155 Å². The number of primary amides is 1. The minimum absolute atomic E-state index is 0.0294. The molecule has 232 valence electrons. The molecule has 2 heterocycles. The fraction of sp³-hybridized carbons (Fsp3) is 0.438. The third-order valence-corrected chi connectivity index (χ3v) is 8.11. The van der Waals surface area contributed by atoms with Crippen LogP contribution in [0.15, 0.2) is 65.5 Å². The molecule has 2 aliphatic rings. The van der Waals surface area contributed by atoms with Crippen LogP contribution in [0.1, 0.15) is 51.9 Å². The number of H-pyrrole nitrogens is 1. The van der Waals surface area contributed by atoms with E-state index < -0.39 is 17.9 Å².